The highest BCUT2D eigenvalue weighted by atomic mass is 79.9. The van der Waals surface area contributed by atoms with Crippen molar-refractivity contribution in [1.29, 1.82) is 0 Å². The number of halogens is 1. The number of anilines is 1. The fourth-order valence-electron chi connectivity index (χ4n) is 2.24. The smallest absolute Gasteiger partial charge is 0.322 e. The van der Waals surface area contributed by atoms with Gasteiger partial charge in [0.15, 0.2) is 0 Å². The standard InChI is InChI=1S/C17H22BrN3O2/c1-20-10-3-5-16(20)13-21(11-4-12-23-2)17(22)19-15-8-6-14(18)7-9-15/h3,5-10H,4,11-13H2,1-2H3,(H,19,22). The number of nitrogens with one attached hydrogen (secondary N) is 1. The molecule has 2 amide bonds. The van der Waals surface area contributed by atoms with E-state index in [9.17, 15) is 4.79 Å². The number of ether oxygens (including phenoxy) is 1. The molecule has 0 fully saturated rings. The number of aromatic nitrogens is 1. The first-order chi connectivity index (χ1) is 11.1. The summed E-state index contributed by atoms with van der Waals surface area (Å²) in [5.41, 5.74) is 1.87. The summed E-state index contributed by atoms with van der Waals surface area (Å²) in [6, 6.07) is 11.5. The molecule has 0 aliphatic carbocycles. The molecule has 23 heavy (non-hydrogen) atoms. The average molecular weight is 380 g/mol. The second kappa shape index (κ2) is 8.74. The van der Waals surface area contributed by atoms with Crippen LogP contribution in [0.15, 0.2) is 47.1 Å². The minimum atomic E-state index is -0.107. The first-order valence-electron chi connectivity index (χ1n) is 7.51. The van der Waals surface area contributed by atoms with Gasteiger partial charge < -0.3 is 19.5 Å². The number of urea groups is 1. The zero-order valence-electron chi connectivity index (χ0n) is 13.5. The second-order valence-corrected chi connectivity index (χ2v) is 6.23. The van der Waals surface area contributed by atoms with Crippen LogP contribution >= 0.6 is 15.9 Å². The Morgan fingerprint density at radius 2 is 2.04 bits per heavy atom. The van der Waals surface area contributed by atoms with Crippen LogP contribution in [0, 0.1) is 0 Å². The van der Waals surface area contributed by atoms with E-state index in [2.05, 4.69) is 21.2 Å². The van der Waals surface area contributed by atoms with Gasteiger partial charge in [-0.1, -0.05) is 15.9 Å². The summed E-state index contributed by atoms with van der Waals surface area (Å²) in [6.07, 6.45) is 2.78. The van der Waals surface area contributed by atoms with Crippen molar-refractivity contribution in [1.82, 2.24) is 9.47 Å². The summed E-state index contributed by atoms with van der Waals surface area (Å²) in [7, 11) is 3.65. The van der Waals surface area contributed by atoms with Crippen molar-refractivity contribution in [2.24, 2.45) is 7.05 Å². The molecule has 0 atom stereocenters. The predicted molar refractivity (Wildman–Crippen MR) is 95.5 cm³/mol. The summed E-state index contributed by atoms with van der Waals surface area (Å²) in [5.74, 6) is 0. The van der Waals surface area contributed by atoms with Crippen molar-refractivity contribution in [2.75, 3.05) is 25.6 Å². The third kappa shape index (κ3) is 5.41. The molecule has 5 nitrogen and oxygen atoms in total. The Balaban J connectivity index is 2.03. The van der Waals surface area contributed by atoms with Crippen LogP contribution in [0.1, 0.15) is 12.1 Å². The minimum Gasteiger partial charge on any atom is -0.385 e. The van der Waals surface area contributed by atoms with Gasteiger partial charge in [0.05, 0.1) is 6.54 Å². The molecule has 2 rings (SSSR count). The van der Waals surface area contributed by atoms with Crippen LogP contribution in [0.25, 0.3) is 0 Å². The van der Waals surface area contributed by atoms with Gasteiger partial charge in [0.2, 0.25) is 0 Å². The van der Waals surface area contributed by atoms with Crippen LogP contribution in [-0.4, -0.2) is 35.8 Å². The lowest BCUT2D eigenvalue weighted by molar-refractivity contribution is 0.171. The zero-order valence-corrected chi connectivity index (χ0v) is 15.0. The molecule has 1 N–H and O–H groups in total. The van der Waals surface area contributed by atoms with E-state index in [4.69, 9.17) is 4.74 Å². The van der Waals surface area contributed by atoms with Crippen LogP contribution in [0.3, 0.4) is 0 Å². The Morgan fingerprint density at radius 1 is 1.30 bits per heavy atom. The van der Waals surface area contributed by atoms with Gasteiger partial charge in [0.1, 0.15) is 0 Å². The molecule has 0 saturated heterocycles. The number of carbonyl (C=O) groups is 1. The van der Waals surface area contributed by atoms with E-state index in [1.807, 2.05) is 54.2 Å². The minimum absolute atomic E-state index is 0.107. The summed E-state index contributed by atoms with van der Waals surface area (Å²) in [5, 5.41) is 2.94. The zero-order chi connectivity index (χ0) is 16.7. The number of benzene rings is 1. The molecule has 6 heteroatoms. The van der Waals surface area contributed by atoms with Gasteiger partial charge in [-0.2, -0.15) is 0 Å². The fraction of sp³-hybridized carbons (Fsp3) is 0.353. The second-order valence-electron chi connectivity index (χ2n) is 5.32. The number of carbonyl (C=O) groups excluding carboxylic acids is 1. The molecule has 0 bridgehead atoms. The van der Waals surface area contributed by atoms with E-state index in [0.29, 0.717) is 19.7 Å². The molecule has 0 saturated carbocycles. The maximum Gasteiger partial charge on any atom is 0.322 e. The molecular weight excluding hydrogens is 358 g/mol. The molecule has 124 valence electrons. The third-order valence-corrected chi connectivity index (χ3v) is 4.09. The number of rotatable bonds is 7. The van der Waals surface area contributed by atoms with Gasteiger partial charge in [-0.15, -0.1) is 0 Å². The molecule has 1 heterocycles. The van der Waals surface area contributed by atoms with Gasteiger partial charge in [-0.25, -0.2) is 4.79 Å². The lowest BCUT2D eigenvalue weighted by Gasteiger charge is -2.23. The van der Waals surface area contributed by atoms with Crippen LogP contribution in [0.4, 0.5) is 10.5 Å². The predicted octanol–water partition coefficient (Wildman–Crippen LogP) is 3.86. The number of hydrogen-bond acceptors (Lipinski definition) is 2. The molecule has 0 aliphatic heterocycles. The van der Waals surface area contributed by atoms with Crippen molar-refractivity contribution in [3.05, 3.63) is 52.8 Å². The Bertz CT molecular complexity index is 625. The number of methoxy groups -OCH3 is 1. The monoisotopic (exact) mass is 379 g/mol. The average Bonchev–Trinajstić information content (AvgIpc) is 2.94. The van der Waals surface area contributed by atoms with Crippen LogP contribution in [0.5, 0.6) is 0 Å². The quantitative estimate of drug-likeness (QED) is 0.742. The maximum absolute atomic E-state index is 12.6. The molecule has 0 radical (unpaired) electrons. The summed E-state index contributed by atoms with van der Waals surface area (Å²) < 4.78 is 8.10. The highest BCUT2D eigenvalue weighted by molar-refractivity contribution is 9.10. The van der Waals surface area contributed by atoms with Gasteiger partial charge in [0.25, 0.3) is 0 Å². The van der Waals surface area contributed by atoms with Gasteiger partial charge in [0, 0.05) is 49.4 Å². The molecule has 1 aromatic carbocycles. The van der Waals surface area contributed by atoms with Crippen molar-refractivity contribution in [3.63, 3.8) is 0 Å². The number of nitrogens with zero attached hydrogens (tertiary/aromatic N) is 2. The molecular formula is C17H22BrN3O2. The van der Waals surface area contributed by atoms with E-state index in [1.54, 1.807) is 12.0 Å². The largest absolute Gasteiger partial charge is 0.385 e. The van der Waals surface area contributed by atoms with E-state index >= 15 is 0 Å². The molecule has 0 spiro atoms. The van der Waals surface area contributed by atoms with E-state index in [1.165, 1.54) is 0 Å². The number of aryl methyl sites for hydroxylation is 1. The molecule has 1 aromatic heterocycles. The Hall–Kier alpha value is -1.79. The summed E-state index contributed by atoms with van der Waals surface area (Å²) in [6.45, 7) is 1.84. The van der Waals surface area contributed by atoms with Crippen LogP contribution < -0.4 is 5.32 Å². The molecule has 2 aromatic rings. The Kier molecular flexibility index (Phi) is 6.67. The fourth-order valence-corrected chi connectivity index (χ4v) is 2.51. The van der Waals surface area contributed by atoms with E-state index in [-0.39, 0.29) is 6.03 Å². The first kappa shape index (κ1) is 17.6. The molecule has 0 aliphatic rings. The number of amides is 2. The van der Waals surface area contributed by atoms with Crippen molar-refractivity contribution in [2.45, 2.75) is 13.0 Å². The third-order valence-electron chi connectivity index (χ3n) is 3.56. The van der Waals surface area contributed by atoms with Crippen molar-refractivity contribution >= 4 is 27.6 Å². The summed E-state index contributed by atoms with van der Waals surface area (Å²) in [4.78, 5) is 14.4. The normalized spacial score (nSPS) is 10.6. The highest BCUT2D eigenvalue weighted by Crippen LogP contribution is 2.15. The van der Waals surface area contributed by atoms with Gasteiger partial charge >= 0.3 is 6.03 Å². The van der Waals surface area contributed by atoms with Crippen molar-refractivity contribution < 1.29 is 9.53 Å². The topological polar surface area (TPSA) is 46.5 Å². The van der Waals surface area contributed by atoms with Gasteiger partial charge in [-0.3, -0.25) is 0 Å². The SMILES string of the molecule is COCCCN(Cc1cccn1C)C(=O)Nc1ccc(Br)cc1. The van der Waals surface area contributed by atoms with Crippen LogP contribution in [0.2, 0.25) is 0 Å². The Labute approximate surface area is 145 Å². The lowest BCUT2D eigenvalue weighted by atomic mass is 10.3. The highest BCUT2D eigenvalue weighted by Gasteiger charge is 2.15. The van der Waals surface area contributed by atoms with E-state index < -0.39 is 0 Å². The summed E-state index contributed by atoms with van der Waals surface area (Å²) >= 11 is 3.39. The first-order valence-corrected chi connectivity index (χ1v) is 8.30. The Morgan fingerprint density at radius 3 is 2.65 bits per heavy atom. The van der Waals surface area contributed by atoms with Crippen LogP contribution in [-0.2, 0) is 18.3 Å². The number of hydrogen-bond donors (Lipinski definition) is 1. The van der Waals surface area contributed by atoms with E-state index in [0.717, 1.165) is 22.3 Å². The van der Waals surface area contributed by atoms with Crippen molar-refractivity contribution in [3.8, 4) is 0 Å². The molecule has 0 unspecified atom stereocenters. The lowest BCUT2D eigenvalue weighted by Crippen LogP contribution is -2.36. The maximum atomic E-state index is 12.6. The van der Waals surface area contributed by atoms with Gasteiger partial charge in [-0.05, 0) is 42.8 Å².